The van der Waals surface area contributed by atoms with Crippen LogP contribution >= 0.6 is 11.3 Å². The van der Waals surface area contributed by atoms with Crippen LogP contribution in [0.2, 0.25) is 0 Å². The van der Waals surface area contributed by atoms with Gasteiger partial charge < -0.3 is 15.3 Å². The molecular formula is C14H13F5N2O2S. The number of piperazine rings is 1. The average Bonchev–Trinajstić information content (AvgIpc) is 2.82. The number of carbonyl (C=O) groups is 1. The molecule has 0 radical (unpaired) electrons. The van der Waals surface area contributed by atoms with E-state index in [2.05, 4.69) is 5.32 Å². The molecule has 0 aliphatic carbocycles. The van der Waals surface area contributed by atoms with E-state index >= 15 is 0 Å². The number of nitrogens with one attached hydrogen (secondary N) is 1. The molecule has 1 aromatic carbocycles. The summed E-state index contributed by atoms with van der Waals surface area (Å²) in [7, 11) is 0. The van der Waals surface area contributed by atoms with Crippen LogP contribution in [-0.2, 0) is 4.79 Å². The molecule has 0 saturated carbocycles. The zero-order valence-electron chi connectivity index (χ0n) is 12.2. The van der Waals surface area contributed by atoms with E-state index in [0.717, 1.165) is 42.9 Å². The Morgan fingerprint density at radius 3 is 2.33 bits per heavy atom. The highest BCUT2D eigenvalue weighted by Gasteiger charge is 2.38. The second-order valence-electron chi connectivity index (χ2n) is 4.90. The average molecular weight is 368 g/mol. The summed E-state index contributed by atoms with van der Waals surface area (Å²) >= 11 is 1.02. The molecule has 2 aromatic rings. The smallest absolute Gasteiger partial charge is 0.475 e. The van der Waals surface area contributed by atoms with Crippen molar-refractivity contribution in [2.75, 3.05) is 31.1 Å². The van der Waals surface area contributed by atoms with E-state index in [4.69, 9.17) is 9.90 Å². The molecule has 3 rings (SSSR count). The Hall–Kier alpha value is -1.94. The molecule has 132 valence electrons. The van der Waals surface area contributed by atoms with Crippen LogP contribution in [-0.4, -0.2) is 43.4 Å². The summed E-state index contributed by atoms with van der Waals surface area (Å²) in [6.07, 6.45) is -5.08. The van der Waals surface area contributed by atoms with E-state index in [1.165, 1.54) is 12.1 Å². The van der Waals surface area contributed by atoms with Crippen LogP contribution in [0.15, 0.2) is 18.2 Å². The lowest BCUT2D eigenvalue weighted by atomic mass is 10.2. The first-order valence-corrected chi connectivity index (χ1v) is 7.65. The lowest BCUT2D eigenvalue weighted by Crippen LogP contribution is -2.43. The van der Waals surface area contributed by atoms with Gasteiger partial charge in [-0.2, -0.15) is 17.6 Å². The number of carboxylic acid groups (broad SMARTS) is 1. The number of benzene rings is 1. The third kappa shape index (κ3) is 4.32. The summed E-state index contributed by atoms with van der Waals surface area (Å²) < 4.78 is 59.4. The lowest BCUT2D eigenvalue weighted by molar-refractivity contribution is -0.192. The van der Waals surface area contributed by atoms with Gasteiger partial charge in [0.05, 0.1) is 5.69 Å². The van der Waals surface area contributed by atoms with Crippen molar-refractivity contribution >= 4 is 33.1 Å². The maximum Gasteiger partial charge on any atom is 0.490 e. The molecule has 1 aliphatic heterocycles. The van der Waals surface area contributed by atoms with Gasteiger partial charge in [0.1, 0.15) is 5.82 Å². The first kappa shape index (κ1) is 18.4. The maximum absolute atomic E-state index is 14.0. The predicted octanol–water partition coefficient (Wildman–Crippen LogP) is 3.22. The first-order chi connectivity index (χ1) is 11.2. The zero-order valence-corrected chi connectivity index (χ0v) is 13.0. The standard InChI is InChI=1S/C12H12F2N2S.C2HF3O2/c13-8-1-2-9-10(7-8)17-12(14)11(9)16-5-3-15-4-6-16;3-2(4,5)1(6)7/h1-2,7,15H,3-6H2;(H,6,7). The highest BCUT2D eigenvalue weighted by atomic mass is 32.1. The number of anilines is 1. The van der Waals surface area contributed by atoms with Crippen LogP contribution in [0.25, 0.3) is 10.1 Å². The number of aliphatic carboxylic acids is 1. The number of hydrogen-bond donors (Lipinski definition) is 2. The Labute approximate surface area is 137 Å². The quantitative estimate of drug-likeness (QED) is 0.759. The van der Waals surface area contributed by atoms with Gasteiger partial charge in [-0.05, 0) is 18.2 Å². The molecule has 1 saturated heterocycles. The second-order valence-corrected chi connectivity index (χ2v) is 5.91. The number of nitrogens with zero attached hydrogens (tertiary/aromatic N) is 1. The van der Waals surface area contributed by atoms with Crippen LogP contribution in [0.1, 0.15) is 0 Å². The van der Waals surface area contributed by atoms with Crippen molar-refractivity contribution in [3.63, 3.8) is 0 Å². The van der Waals surface area contributed by atoms with Crippen LogP contribution in [0.3, 0.4) is 0 Å². The fraction of sp³-hybridized carbons (Fsp3) is 0.357. The van der Waals surface area contributed by atoms with E-state index in [1.807, 2.05) is 4.90 Å². The lowest BCUT2D eigenvalue weighted by Gasteiger charge is -2.28. The van der Waals surface area contributed by atoms with Crippen molar-refractivity contribution in [3.8, 4) is 0 Å². The summed E-state index contributed by atoms with van der Waals surface area (Å²) in [5.41, 5.74) is 0.631. The van der Waals surface area contributed by atoms with E-state index in [1.54, 1.807) is 6.07 Å². The molecule has 24 heavy (non-hydrogen) atoms. The Morgan fingerprint density at radius 1 is 1.21 bits per heavy atom. The number of rotatable bonds is 1. The fourth-order valence-corrected chi connectivity index (χ4v) is 3.19. The van der Waals surface area contributed by atoms with Gasteiger partial charge in [0.25, 0.3) is 0 Å². The molecule has 0 bridgehead atoms. The molecular weight excluding hydrogens is 355 g/mol. The van der Waals surface area contributed by atoms with Crippen molar-refractivity contribution in [1.29, 1.82) is 0 Å². The van der Waals surface area contributed by atoms with E-state index in [9.17, 15) is 22.0 Å². The van der Waals surface area contributed by atoms with Crippen molar-refractivity contribution in [3.05, 3.63) is 29.1 Å². The SMILES string of the molecule is Fc1ccc2c(N3CCNCC3)c(F)sc2c1.O=C(O)C(F)(F)F. The number of carboxylic acids is 1. The van der Waals surface area contributed by atoms with Crippen molar-refractivity contribution in [2.45, 2.75) is 6.18 Å². The van der Waals surface area contributed by atoms with Crippen LogP contribution in [0.4, 0.5) is 27.6 Å². The van der Waals surface area contributed by atoms with Gasteiger partial charge in [-0.3, -0.25) is 0 Å². The zero-order chi connectivity index (χ0) is 17.9. The van der Waals surface area contributed by atoms with Gasteiger partial charge in [-0.15, -0.1) is 11.3 Å². The Balaban J connectivity index is 0.000000256. The van der Waals surface area contributed by atoms with Gasteiger partial charge in [-0.25, -0.2) is 9.18 Å². The summed E-state index contributed by atoms with van der Waals surface area (Å²) in [6.45, 7) is 3.30. The molecule has 0 atom stereocenters. The van der Waals surface area contributed by atoms with Crippen molar-refractivity contribution in [2.24, 2.45) is 0 Å². The number of halogens is 5. The number of alkyl halides is 3. The minimum Gasteiger partial charge on any atom is -0.475 e. The minimum absolute atomic E-state index is 0.215. The van der Waals surface area contributed by atoms with Crippen LogP contribution in [0, 0.1) is 10.9 Å². The van der Waals surface area contributed by atoms with E-state index in [-0.39, 0.29) is 10.9 Å². The molecule has 4 nitrogen and oxygen atoms in total. The molecule has 2 N–H and O–H groups in total. The minimum atomic E-state index is -5.08. The van der Waals surface area contributed by atoms with E-state index in [0.29, 0.717) is 10.4 Å². The van der Waals surface area contributed by atoms with Crippen molar-refractivity contribution in [1.82, 2.24) is 5.32 Å². The van der Waals surface area contributed by atoms with Crippen molar-refractivity contribution < 1.29 is 31.9 Å². The molecule has 2 heterocycles. The third-order valence-electron chi connectivity index (χ3n) is 3.26. The number of hydrogen-bond acceptors (Lipinski definition) is 4. The second kappa shape index (κ2) is 7.31. The molecule has 0 spiro atoms. The normalized spacial score (nSPS) is 15.1. The monoisotopic (exact) mass is 368 g/mol. The predicted molar refractivity (Wildman–Crippen MR) is 80.5 cm³/mol. The van der Waals surface area contributed by atoms with Gasteiger partial charge >= 0.3 is 12.1 Å². The molecule has 10 heteroatoms. The van der Waals surface area contributed by atoms with Gasteiger partial charge in [-0.1, -0.05) is 0 Å². The fourth-order valence-electron chi connectivity index (χ4n) is 2.21. The Morgan fingerprint density at radius 2 is 1.79 bits per heavy atom. The molecule has 1 fully saturated rings. The first-order valence-electron chi connectivity index (χ1n) is 6.83. The van der Waals surface area contributed by atoms with Crippen LogP contribution < -0.4 is 10.2 Å². The highest BCUT2D eigenvalue weighted by molar-refractivity contribution is 7.18. The van der Waals surface area contributed by atoms with E-state index < -0.39 is 12.1 Å². The summed E-state index contributed by atoms with van der Waals surface area (Å²) in [6, 6.07) is 4.45. The molecule has 1 aromatic heterocycles. The highest BCUT2D eigenvalue weighted by Crippen LogP contribution is 2.37. The van der Waals surface area contributed by atoms with Gasteiger partial charge in [0.15, 0.2) is 0 Å². The maximum atomic E-state index is 14.0. The Kier molecular flexibility index (Phi) is 5.60. The largest absolute Gasteiger partial charge is 0.490 e. The Bertz CT molecular complexity index is 726. The number of fused-ring (bicyclic) bond motifs is 1. The van der Waals surface area contributed by atoms with Gasteiger partial charge in [0, 0.05) is 36.3 Å². The topological polar surface area (TPSA) is 52.6 Å². The molecule has 0 unspecified atom stereocenters. The summed E-state index contributed by atoms with van der Waals surface area (Å²) in [4.78, 5) is 10.9. The molecule has 1 aliphatic rings. The molecule has 0 amide bonds. The van der Waals surface area contributed by atoms with Gasteiger partial charge in [0.2, 0.25) is 5.13 Å². The van der Waals surface area contributed by atoms with Crippen LogP contribution in [0.5, 0.6) is 0 Å². The summed E-state index contributed by atoms with van der Waals surface area (Å²) in [5.74, 6) is -3.07. The summed E-state index contributed by atoms with van der Waals surface area (Å²) in [5, 5.41) is 11.0. The number of thiophene rings is 1. The third-order valence-corrected chi connectivity index (χ3v) is 4.19.